The lowest BCUT2D eigenvalue weighted by Crippen LogP contribution is -3.34. The molecule has 1 atom stereocenters. The fraction of sp³-hybridized carbons (Fsp3) is 0.188. The average molecular weight is 483 g/mol. The normalized spacial score (nSPS) is 11.9. The molecule has 10 heteroatoms. The summed E-state index contributed by atoms with van der Waals surface area (Å²) in [6.45, 7) is -0.998. The predicted molar refractivity (Wildman–Crippen MR) is 82.6 cm³/mol. The fourth-order valence-corrected chi connectivity index (χ4v) is 2.39. The lowest BCUT2D eigenvalue weighted by molar-refractivity contribution is -0.328. The van der Waals surface area contributed by atoms with Crippen LogP contribution in [0.2, 0.25) is 0 Å². The third kappa shape index (κ3) is 5.06. The molecule has 0 aliphatic rings. The maximum Gasteiger partial charge on any atom is 0.296 e. The van der Waals surface area contributed by atoms with Gasteiger partial charge < -0.3 is 15.5 Å². The number of rotatable bonds is 7. The van der Waals surface area contributed by atoms with Crippen LogP contribution in [0, 0.1) is 21.0 Å². The van der Waals surface area contributed by atoms with Gasteiger partial charge in [0.15, 0.2) is 21.0 Å². The molecule has 0 aliphatic carbocycles. The number of anilines is 2. The van der Waals surface area contributed by atoms with Crippen molar-refractivity contribution in [2.75, 3.05) is 18.5 Å². The van der Waals surface area contributed by atoms with E-state index in [4.69, 9.17) is 15.1 Å². The van der Waals surface area contributed by atoms with Gasteiger partial charge in [-0.15, -0.1) is 0 Å². The number of aliphatic hydroxyl groups excluding tert-OH is 2. The van der Waals surface area contributed by atoms with Gasteiger partial charge in [-0.25, -0.2) is 18.7 Å². The van der Waals surface area contributed by atoms with E-state index in [9.17, 15) is 18.0 Å². The second kappa shape index (κ2) is 9.16. The molecular weight excluding hydrogens is 468 g/mol. The molecule has 0 fully saturated rings. The third-order valence-electron chi connectivity index (χ3n) is 3.19. The summed E-state index contributed by atoms with van der Waals surface area (Å²) in [4.78, 5) is 16.8. The van der Waals surface area contributed by atoms with Crippen molar-refractivity contribution in [1.29, 1.82) is 0 Å². The quantitative estimate of drug-likeness (QED) is 0.279. The Balaban J connectivity index is 2.27. The van der Waals surface area contributed by atoms with Crippen LogP contribution in [0.25, 0.3) is 0 Å². The van der Waals surface area contributed by atoms with Gasteiger partial charge in [-0.3, -0.25) is 9.63 Å². The Morgan fingerprint density at radius 3 is 2.58 bits per heavy atom. The number of carbonyl (C=O) groups is 1. The van der Waals surface area contributed by atoms with Crippen molar-refractivity contribution in [3.63, 3.8) is 0 Å². The first-order valence-corrected chi connectivity index (χ1v) is 8.42. The molecule has 0 aliphatic heterocycles. The Morgan fingerprint density at radius 1 is 1.19 bits per heavy atom. The van der Waals surface area contributed by atoms with Crippen molar-refractivity contribution >= 4 is 17.3 Å². The molecule has 1 amide bonds. The molecule has 0 spiro atoms. The van der Waals surface area contributed by atoms with E-state index in [0.717, 1.165) is 12.1 Å². The highest BCUT2D eigenvalue weighted by Crippen LogP contribution is 2.27. The van der Waals surface area contributed by atoms with Gasteiger partial charge in [-0.05, 0) is 24.3 Å². The molecule has 0 heterocycles. The molecule has 0 unspecified atom stereocenters. The van der Waals surface area contributed by atoms with Crippen LogP contribution in [0.5, 0.6) is 0 Å². The van der Waals surface area contributed by atoms with E-state index >= 15 is 0 Å². The van der Waals surface area contributed by atoms with Crippen LogP contribution in [0.15, 0.2) is 30.3 Å². The van der Waals surface area contributed by atoms with Crippen molar-refractivity contribution < 1.29 is 55.6 Å². The van der Waals surface area contributed by atoms with Crippen molar-refractivity contribution in [2.45, 2.75) is 6.10 Å². The van der Waals surface area contributed by atoms with E-state index in [0.29, 0.717) is 3.57 Å². The molecule has 2 aromatic carbocycles. The molecule has 6 nitrogen and oxygen atoms in total. The number of benzene rings is 2. The number of hydroxylamine groups is 1. The fourth-order valence-electron chi connectivity index (χ4n) is 1.91. The van der Waals surface area contributed by atoms with E-state index in [1.54, 1.807) is 28.7 Å². The zero-order chi connectivity index (χ0) is 19.3. The van der Waals surface area contributed by atoms with Gasteiger partial charge in [0.2, 0.25) is 0 Å². The van der Waals surface area contributed by atoms with Crippen LogP contribution >= 0.6 is 0 Å². The zero-order valence-electron chi connectivity index (χ0n) is 13.1. The molecule has 4 N–H and O–H groups in total. The van der Waals surface area contributed by atoms with Gasteiger partial charge in [-0.1, -0.05) is 0 Å². The van der Waals surface area contributed by atoms with Crippen LogP contribution in [-0.4, -0.2) is 35.4 Å². The SMILES string of the molecule is O=C(NOC[C@H](O)CO)c1ccc(F)c(F)c1Nc1ccc([IH+])cc1F. The van der Waals surface area contributed by atoms with Crippen LogP contribution in [0.1, 0.15) is 10.4 Å². The number of amides is 1. The van der Waals surface area contributed by atoms with Gasteiger partial charge in [0.05, 0.1) is 23.5 Å². The maximum atomic E-state index is 14.2. The van der Waals surface area contributed by atoms with Crippen molar-refractivity contribution in [3.8, 4) is 0 Å². The van der Waals surface area contributed by atoms with Crippen LogP contribution in [0.4, 0.5) is 24.5 Å². The monoisotopic (exact) mass is 483 g/mol. The Hall–Kier alpha value is -1.89. The lowest BCUT2D eigenvalue weighted by atomic mass is 10.1. The second-order valence-electron chi connectivity index (χ2n) is 5.13. The third-order valence-corrected chi connectivity index (χ3v) is 3.92. The van der Waals surface area contributed by atoms with E-state index < -0.39 is 48.4 Å². The van der Waals surface area contributed by atoms with E-state index in [2.05, 4.69) is 5.32 Å². The van der Waals surface area contributed by atoms with Gasteiger partial charge in [0, 0.05) is 6.07 Å². The Labute approximate surface area is 160 Å². The number of carbonyl (C=O) groups excluding carboxylic acids is 1. The minimum absolute atomic E-state index is 0.146. The summed E-state index contributed by atoms with van der Waals surface area (Å²) in [6.07, 6.45) is -1.22. The van der Waals surface area contributed by atoms with Crippen molar-refractivity contribution in [2.24, 2.45) is 0 Å². The standard InChI is InChI=1S/C16H14F3IN2O4/c17-11-3-2-10(16(25)22-26-7-9(24)6-23)15(14(11)19)21-13-4-1-8(20)5-12(13)18/h1-5,9,20,23-24H,6-7H2,(H-,21,22,25)/p+1/t9-/m1/s1. The van der Waals surface area contributed by atoms with Gasteiger partial charge >= 0.3 is 0 Å². The highest BCUT2D eigenvalue weighted by atomic mass is 127. The molecule has 0 saturated heterocycles. The average Bonchev–Trinajstić information content (AvgIpc) is 2.60. The Morgan fingerprint density at radius 2 is 1.92 bits per heavy atom. The Bertz CT molecular complexity index is 807. The number of nitrogens with one attached hydrogen (secondary N) is 2. The molecule has 140 valence electrons. The van der Waals surface area contributed by atoms with Crippen LogP contribution < -0.4 is 33.4 Å². The topological polar surface area (TPSA) is 90.8 Å². The second-order valence-corrected chi connectivity index (χ2v) is 6.47. The molecule has 0 aromatic heterocycles. The minimum Gasteiger partial charge on any atom is -0.394 e. The Kier molecular flexibility index (Phi) is 7.20. The van der Waals surface area contributed by atoms with Gasteiger partial charge in [0.1, 0.15) is 12.7 Å². The summed E-state index contributed by atoms with van der Waals surface area (Å²) in [5.74, 6) is -4.25. The van der Waals surface area contributed by atoms with E-state index in [-0.39, 0.29) is 11.3 Å². The lowest BCUT2D eigenvalue weighted by Gasteiger charge is -2.14. The molecule has 0 bridgehead atoms. The summed E-state index contributed by atoms with van der Waals surface area (Å²) in [6, 6.07) is 5.82. The number of hydrogen-bond acceptors (Lipinski definition) is 5. The molecule has 2 rings (SSSR count). The summed E-state index contributed by atoms with van der Waals surface area (Å²) in [5.41, 5.74) is 0.866. The number of aliphatic hydroxyl groups is 2. The smallest absolute Gasteiger partial charge is 0.296 e. The van der Waals surface area contributed by atoms with Crippen molar-refractivity contribution in [1.82, 2.24) is 5.48 Å². The number of halogens is 4. The van der Waals surface area contributed by atoms with Crippen LogP contribution in [-0.2, 0) is 4.84 Å². The van der Waals surface area contributed by atoms with Gasteiger partial charge in [-0.2, -0.15) is 0 Å². The van der Waals surface area contributed by atoms with Crippen LogP contribution in [0.3, 0.4) is 0 Å². The molecule has 26 heavy (non-hydrogen) atoms. The van der Waals surface area contributed by atoms with Crippen molar-refractivity contribution in [3.05, 3.63) is 56.9 Å². The van der Waals surface area contributed by atoms with E-state index in [1.807, 2.05) is 5.48 Å². The largest absolute Gasteiger partial charge is 0.394 e. The summed E-state index contributed by atoms with van der Waals surface area (Å²) >= 11 is 1.58. The molecule has 2 aromatic rings. The molecule has 0 saturated carbocycles. The summed E-state index contributed by atoms with van der Waals surface area (Å²) in [5, 5.41) is 20.2. The highest BCUT2D eigenvalue weighted by Gasteiger charge is 2.21. The first-order valence-electron chi connectivity index (χ1n) is 7.26. The summed E-state index contributed by atoms with van der Waals surface area (Å²) < 4.78 is 42.3. The maximum absolute atomic E-state index is 14.2. The first kappa shape index (κ1) is 20.4. The highest BCUT2D eigenvalue weighted by molar-refractivity contribution is 5.99. The first-order chi connectivity index (χ1) is 12.3. The minimum atomic E-state index is -1.37. The zero-order valence-corrected chi connectivity index (χ0v) is 15.5. The van der Waals surface area contributed by atoms with E-state index in [1.165, 1.54) is 12.1 Å². The van der Waals surface area contributed by atoms with Gasteiger partial charge in [0.25, 0.3) is 28.5 Å². The predicted octanol–water partition coefficient (Wildman–Crippen LogP) is -1.68. The molecular formula is C16H15F3IN2O4+. The summed E-state index contributed by atoms with van der Waals surface area (Å²) in [7, 11) is 0. The number of hydrogen-bond donors (Lipinski definition) is 4. The molecule has 0 radical (unpaired) electrons.